The van der Waals surface area contributed by atoms with Gasteiger partial charge in [0.05, 0.1) is 13.2 Å². The molecular weight excluding hydrogens is 392 g/mol. The molecule has 0 heterocycles. The zero-order valence-electron chi connectivity index (χ0n) is 15.4. The average molecular weight is 412 g/mol. The predicted octanol–water partition coefficient (Wildman–Crippen LogP) is 5.97. The van der Waals surface area contributed by atoms with Crippen LogP contribution in [-0.4, -0.2) is 19.8 Å². The topological polar surface area (TPSA) is 36.9 Å². The van der Waals surface area contributed by atoms with Gasteiger partial charge in [0, 0.05) is 16.7 Å². The first-order valence-electron chi connectivity index (χ1n) is 8.55. The molecular formula is C20H20F3O4P. The minimum absolute atomic E-state index is 0.0556. The highest BCUT2D eigenvalue weighted by Gasteiger charge is 2.20. The maximum absolute atomic E-state index is 14.4. The SMILES string of the molecule is CCOP(OCC)OC(F)c1cccc(C#Cc2ccc(OC(F)F)cc2)c1. The Hall–Kier alpha value is -2.10. The van der Waals surface area contributed by atoms with Crippen molar-refractivity contribution < 1.29 is 31.5 Å². The van der Waals surface area contributed by atoms with Crippen molar-refractivity contribution in [3.05, 3.63) is 65.2 Å². The van der Waals surface area contributed by atoms with Crippen LogP contribution in [0.4, 0.5) is 13.2 Å². The van der Waals surface area contributed by atoms with E-state index in [9.17, 15) is 13.2 Å². The molecule has 2 aromatic carbocycles. The standard InChI is InChI=1S/C20H20F3O4P/c1-3-24-28(25-4-2)27-19(21)17-7-5-6-16(14-17)9-8-15-10-12-18(13-11-15)26-20(22)23/h5-7,10-14,19-20H,3-4H2,1-2H3. The molecule has 2 aromatic rings. The van der Waals surface area contributed by atoms with Crippen LogP contribution in [0.25, 0.3) is 0 Å². The monoisotopic (exact) mass is 412 g/mol. The predicted molar refractivity (Wildman–Crippen MR) is 101 cm³/mol. The summed E-state index contributed by atoms with van der Waals surface area (Å²) in [5, 5.41) is 0. The van der Waals surface area contributed by atoms with Gasteiger partial charge in [-0.15, -0.1) is 0 Å². The molecule has 4 nitrogen and oxygen atoms in total. The third-order valence-corrected chi connectivity index (χ3v) is 4.52. The van der Waals surface area contributed by atoms with Gasteiger partial charge >= 0.3 is 15.2 Å². The van der Waals surface area contributed by atoms with Crippen molar-refractivity contribution in [3.63, 3.8) is 0 Å². The van der Waals surface area contributed by atoms with E-state index in [1.807, 2.05) is 0 Å². The lowest BCUT2D eigenvalue weighted by atomic mass is 10.1. The summed E-state index contributed by atoms with van der Waals surface area (Å²) >= 11 is 0. The van der Waals surface area contributed by atoms with Crippen LogP contribution in [0.3, 0.4) is 0 Å². The summed E-state index contributed by atoms with van der Waals surface area (Å²) < 4.78 is 58.7. The molecule has 2 rings (SSSR count). The van der Waals surface area contributed by atoms with Gasteiger partial charge in [-0.1, -0.05) is 24.0 Å². The van der Waals surface area contributed by atoms with E-state index in [-0.39, 0.29) is 5.75 Å². The lowest BCUT2D eigenvalue weighted by molar-refractivity contribution is -0.0498. The molecule has 0 saturated carbocycles. The Balaban J connectivity index is 2.06. The maximum atomic E-state index is 14.4. The molecule has 0 saturated heterocycles. The van der Waals surface area contributed by atoms with Gasteiger partial charge in [0.2, 0.25) is 6.36 Å². The molecule has 8 heteroatoms. The Morgan fingerprint density at radius 2 is 1.54 bits per heavy atom. The van der Waals surface area contributed by atoms with E-state index in [0.717, 1.165) is 0 Å². The summed E-state index contributed by atoms with van der Waals surface area (Å²) in [6.45, 7) is 1.37. The van der Waals surface area contributed by atoms with E-state index < -0.39 is 21.6 Å². The molecule has 0 bridgehead atoms. The van der Waals surface area contributed by atoms with Crippen LogP contribution in [0.5, 0.6) is 5.75 Å². The maximum Gasteiger partial charge on any atom is 0.387 e. The first-order valence-corrected chi connectivity index (χ1v) is 9.65. The Morgan fingerprint density at radius 3 is 2.14 bits per heavy atom. The molecule has 1 unspecified atom stereocenters. The van der Waals surface area contributed by atoms with Gasteiger partial charge in [-0.25, -0.2) is 4.39 Å². The number of hydrogen-bond donors (Lipinski definition) is 0. The molecule has 0 aliphatic heterocycles. The Bertz CT molecular complexity index is 784. The van der Waals surface area contributed by atoms with Crippen LogP contribution in [-0.2, 0) is 13.6 Å². The Kier molecular flexibility index (Phi) is 9.26. The minimum Gasteiger partial charge on any atom is -0.435 e. The van der Waals surface area contributed by atoms with E-state index in [1.165, 1.54) is 12.1 Å². The summed E-state index contributed by atoms with van der Waals surface area (Å²) in [5.74, 6) is 5.84. The Labute approximate surface area is 163 Å². The summed E-state index contributed by atoms with van der Waals surface area (Å²) in [6.07, 6.45) is -1.71. The van der Waals surface area contributed by atoms with Gasteiger partial charge in [-0.3, -0.25) is 4.52 Å². The summed E-state index contributed by atoms with van der Waals surface area (Å²) in [5.41, 5.74) is 1.48. The molecule has 0 radical (unpaired) electrons. The fourth-order valence-electron chi connectivity index (χ4n) is 2.07. The van der Waals surface area contributed by atoms with E-state index in [2.05, 4.69) is 16.6 Å². The van der Waals surface area contributed by atoms with Crippen LogP contribution in [0.1, 0.15) is 36.9 Å². The zero-order valence-corrected chi connectivity index (χ0v) is 16.3. The van der Waals surface area contributed by atoms with E-state index in [1.54, 1.807) is 50.2 Å². The zero-order chi connectivity index (χ0) is 20.4. The van der Waals surface area contributed by atoms with E-state index in [0.29, 0.717) is 29.9 Å². The highest BCUT2D eigenvalue weighted by atomic mass is 31.2. The number of halogens is 3. The second kappa shape index (κ2) is 11.7. The third-order valence-electron chi connectivity index (χ3n) is 3.23. The van der Waals surface area contributed by atoms with Crippen molar-refractivity contribution in [3.8, 4) is 17.6 Å². The van der Waals surface area contributed by atoms with Gasteiger partial charge in [-0.2, -0.15) is 8.78 Å². The van der Waals surface area contributed by atoms with Crippen LogP contribution < -0.4 is 4.74 Å². The highest BCUT2D eigenvalue weighted by Crippen LogP contribution is 2.44. The minimum atomic E-state index is -2.87. The largest absolute Gasteiger partial charge is 0.435 e. The van der Waals surface area contributed by atoms with Crippen molar-refractivity contribution in [2.45, 2.75) is 26.8 Å². The third kappa shape index (κ3) is 7.49. The fourth-order valence-corrected chi connectivity index (χ4v) is 2.96. The normalized spacial score (nSPS) is 12.0. The number of ether oxygens (including phenoxy) is 1. The van der Waals surface area contributed by atoms with Crippen LogP contribution in [0.15, 0.2) is 48.5 Å². The molecule has 0 aromatic heterocycles. The summed E-state index contributed by atoms with van der Waals surface area (Å²) in [6, 6.07) is 12.5. The number of rotatable bonds is 9. The quantitative estimate of drug-likeness (QED) is 0.376. The molecule has 28 heavy (non-hydrogen) atoms. The molecule has 0 amide bonds. The summed E-state index contributed by atoms with van der Waals surface area (Å²) in [7, 11) is -1.76. The van der Waals surface area contributed by atoms with Crippen LogP contribution in [0, 0.1) is 11.8 Å². The summed E-state index contributed by atoms with van der Waals surface area (Å²) in [4.78, 5) is 0. The molecule has 0 aliphatic carbocycles. The first-order chi connectivity index (χ1) is 13.5. The first kappa shape index (κ1) is 22.2. The van der Waals surface area contributed by atoms with Gasteiger partial charge in [0.1, 0.15) is 5.75 Å². The van der Waals surface area contributed by atoms with Gasteiger partial charge in [0.25, 0.3) is 0 Å². The van der Waals surface area contributed by atoms with Gasteiger partial charge < -0.3 is 13.8 Å². The lowest BCUT2D eigenvalue weighted by Crippen LogP contribution is -2.01. The van der Waals surface area contributed by atoms with E-state index in [4.69, 9.17) is 13.6 Å². The van der Waals surface area contributed by atoms with Crippen molar-refractivity contribution in [2.24, 2.45) is 0 Å². The highest BCUT2D eigenvalue weighted by molar-refractivity contribution is 7.41. The Morgan fingerprint density at radius 1 is 0.893 bits per heavy atom. The molecule has 1 atom stereocenters. The molecule has 0 fully saturated rings. The van der Waals surface area contributed by atoms with Crippen molar-refractivity contribution >= 4 is 8.60 Å². The smallest absolute Gasteiger partial charge is 0.387 e. The molecule has 0 N–H and O–H groups in total. The van der Waals surface area contributed by atoms with Crippen LogP contribution >= 0.6 is 8.60 Å². The number of alkyl halides is 3. The van der Waals surface area contributed by atoms with Crippen molar-refractivity contribution in [1.29, 1.82) is 0 Å². The fraction of sp³-hybridized carbons (Fsp3) is 0.300. The number of benzene rings is 2. The van der Waals surface area contributed by atoms with Crippen LogP contribution in [0.2, 0.25) is 0 Å². The van der Waals surface area contributed by atoms with Gasteiger partial charge in [-0.05, 0) is 50.2 Å². The van der Waals surface area contributed by atoms with Crippen molar-refractivity contribution in [2.75, 3.05) is 13.2 Å². The molecule has 150 valence electrons. The van der Waals surface area contributed by atoms with E-state index >= 15 is 0 Å². The van der Waals surface area contributed by atoms with Crippen molar-refractivity contribution in [1.82, 2.24) is 0 Å². The van der Waals surface area contributed by atoms with Gasteiger partial charge in [0.15, 0.2) is 0 Å². The number of hydrogen-bond acceptors (Lipinski definition) is 4. The second-order valence-corrected chi connectivity index (χ2v) is 6.43. The molecule has 0 aliphatic rings. The lowest BCUT2D eigenvalue weighted by Gasteiger charge is -2.17. The molecule has 0 spiro atoms. The second-order valence-electron chi connectivity index (χ2n) is 5.26. The average Bonchev–Trinajstić information content (AvgIpc) is 2.67.